The molecule has 1 heterocycles. The van der Waals surface area contributed by atoms with Crippen molar-refractivity contribution >= 4 is 5.97 Å². The lowest BCUT2D eigenvalue weighted by atomic mass is 10.0. The fourth-order valence-electron chi connectivity index (χ4n) is 4.34. The maximum atomic E-state index is 12.4. The van der Waals surface area contributed by atoms with E-state index in [4.69, 9.17) is 9.72 Å². The summed E-state index contributed by atoms with van der Waals surface area (Å²) in [6.07, 6.45) is 20.8. The summed E-state index contributed by atoms with van der Waals surface area (Å²) in [5.74, 6) is 1.73. The molecular weight excluding hydrogens is 432 g/mol. The van der Waals surface area contributed by atoms with Crippen LogP contribution in [0.3, 0.4) is 0 Å². The van der Waals surface area contributed by atoms with Gasteiger partial charge in [0.25, 0.3) is 0 Å². The van der Waals surface area contributed by atoms with Crippen LogP contribution < -0.4 is 4.74 Å². The lowest BCUT2D eigenvalue weighted by Gasteiger charge is -2.11. The lowest BCUT2D eigenvalue weighted by Crippen LogP contribution is -2.09. The van der Waals surface area contributed by atoms with Crippen molar-refractivity contribution < 1.29 is 9.53 Å². The number of esters is 1. The van der Waals surface area contributed by atoms with Gasteiger partial charge in [0.15, 0.2) is 5.82 Å². The summed E-state index contributed by atoms with van der Waals surface area (Å²) in [5, 5.41) is 0. The second-order valence-electron chi connectivity index (χ2n) is 10.0. The molecule has 4 heteroatoms. The third-order valence-electron chi connectivity index (χ3n) is 6.88. The first-order valence-electron chi connectivity index (χ1n) is 14.3. The van der Waals surface area contributed by atoms with Crippen molar-refractivity contribution in [1.82, 2.24) is 9.97 Å². The number of hydrogen-bond donors (Lipinski definition) is 0. The lowest BCUT2D eigenvalue weighted by molar-refractivity contribution is -0.134. The smallest absolute Gasteiger partial charge is 0.311 e. The zero-order chi connectivity index (χ0) is 25.1. The molecule has 2 rings (SSSR count). The van der Waals surface area contributed by atoms with E-state index in [9.17, 15) is 4.79 Å². The highest BCUT2D eigenvalue weighted by Crippen LogP contribution is 2.28. The highest BCUT2D eigenvalue weighted by molar-refractivity contribution is 5.76. The van der Waals surface area contributed by atoms with Crippen molar-refractivity contribution in [2.24, 2.45) is 5.92 Å². The molecular formula is C31H48N2O2. The van der Waals surface area contributed by atoms with E-state index in [2.05, 4.69) is 25.8 Å². The normalized spacial score (nSPS) is 12.0. The number of aryl methyl sites for hydroxylation is 1. The van der Waals surface area contributed by atoms with E-state index in [1.807, 2.05) is 36.5 Å². The van der Waals surface area contributed by atoms with Gasteiger partial charge in [0.1, 0.15) is 5.75 Å². The molecule has 0 saturated heterocycles. The maximum absolute atomic E-state index is 12.4. The van der Waals surface area contributed by atoms with E-state index in [1.165, 1.54) is 70.6 Å². The fourth-order valence-corrected chi connectivity index (χ4v) is 4.34. The minimum atomic E-state index is -0.178. The summed E-state index contributed by atoms with van der Waals surface area (Å²) in [4.78, 5) is 21.7. The van der Waals surface area contributed by atoms with Gasteiger partial charge in [0.05, 0.1) is 5.56 Å². The molecule has 1 aromatic heterocycles. The van der Waals surface area contributed by atoms with Gasteiger partial charge in [-0.05, 0) is 43.4 Å². The molecule has 0 N–H and O–H groups in total. The second kappa shape index (κ2) is 18.1. The number of ether oxygens (including phenoxy) is 1. The molecule has 0 amide bonds. The van der Waals surface area contributed by atoms with E-state index >= 15 is 0 Å². The number of carbonyl (C=O) groups excluding carboxylic acids is 1. The van der Waals surface area contributed by atoms with Gasteiger partial charge in [-0.1, -0.05) is 110 Å². The van der Waals surface area contributed by atoms with Crippen molar-refractivity contribution in [3.63, 3.8) is 0 Å². The highest BCUT2D eigenvalue weighted by Gasteiger charge is 2.13. The van der Waals surface area contributed by atoms with Gasteiger partial charge in [0.2, 0.25) is 0 Å². The topological polar surface area (TPSA) is 52.1 Å². The summed E-state index contributed by atoms with van der Waals surface area (Å²) in [7, 11) is 0. The Morgan fingerprint density at radius 1 is 0.857 bits per heavy atom. The zero-order valence-electron chi connectivity index (χ0n) is 22.6. The Kier molecular flexibility index (Phi) is 15.0. The van der Waals surface area contributed by atoms with Gasteiger partial charge in [-0.25, -0.2) is 9.97 Å². The van der Waals surface area contributed by atoms with Crippen LogP contribution in [0.1, 0.15) is 123 Å². The molecule has 4 nitrogen and oxygen atoms in total. The molecule has 1 atom stereocenters. The highest BCUT2D eigenvalue weighted by atomic mass is 16.5. The van der Waals surface area contributed by atoms with Crippen LogP contribution in [0.25, 0.3) is 11.4 Å². The maximum Gasteiger partial charge on any atom is 0.311 e. The van der Waals surface area contributed by atoms with Crippen molar-refractivity contribution in [3.05, 3.63) is 42.2 Å². The number of para-hydroxylation sites is 1. The number of aromatic nitrogens is 2. The van der Waals surface area contributed by atoms with Crippen molar-refractivity contribution in [2.75, 3.05) is 0 Å². The molecule has 0 aliphatic heterocycles. The summed E-state index contributed by atoms with van der Waals surface area (Å²) in [6.45, 7) is 6.75. The number of rotatable bonds is 19. The molecule has 0 bridgehead atoms. The molecule has 1 aromatic carbocycles. The van der Waals surface area contributed by atoms with Crippen molar-refractivity contribution in [3.8, 4) is 17.1 Å². The monoisotopic (exact) mass is 480 g/mol. The Morgan fingerprint density at radius 3 is 2.26 bits per heavy atom. The molecule has 35 heavy (non-hydrogen) atoms. The Bertz CT molecular complexity index is 836. The fraction of sp³-hybridized carbons (Fsp3) is 0.645. The molecule has 2 aromatic rings. The van der Waals surface area contributed by atoms with E-state index in [0.29, 0.717) is 18.0 Å². The average Bonchev–Trinajstić information content (AvgIpc) is 2.88. The van der Waals surface area contributed by atoms with Gasteiger partial charge < -0.3 is 4.74 Å². The first-order valence-corrected chi connectivity index (χ1v) is 14.3. The van der Waals surface area contributed by atoms with Gasteiger partial charge in [0, 0.05) is 18.3 Å². The van der Waals surface area contributed by atoms with Gasteiger partial charge in [-0.2, -0.15) is 0 Å². The first-order chi connectivity index (χ1) is 17.1. The van der Waals surface area contributed by atoms with Crippen LogP contribution in [-0.2, 0) is 11.2 Å². The molecule has 0 aliphatic carbocycles. The third-order valence-corrected chi connectivity index (χ3v) is 6.88. The molecule has 0 fully saturated rings. The van der Waals surface area contributed by atoms with Crippen LogP contribution in [0.2, 0.25) is 0 Å². The Balaban J connectivity index is 1.78. The number of benzene rings is 1. The minimum Gasteiger partial charge on any atom is -0.426 e. The predicted octanol–water partition coefficient (Wildman–Crippen LogP) is 9.12. The van der Waals surface area contributed by atoms with Gasteiger partial charge in [-0.15, -0.1) is 0 Å². The molecule has 0 spiro atoms. The molecule has 194 valence electrons. The number of nitrogens with zero attached hydrogens (tertiary/aromatic N) is 2. The van der Waals surface area contributed by atoms with Crippen molar-refractivity contribution in [1.29, 1.82) is 0 Å². The molecule has 0 radical (unpaired) electrons. The van der Waals surface area contributed by atoms with E-state index in [1.54, 1.807) is 0 Å². The molecule has 0 saturated carbocycles. The second-order valence-corrected chi connectivity index (χ2v) is 10.0. The number of unbranched alkanes of at least 4 members (excludes halogenated alkanes) is 10. The van der Waals surface area contributed by atoms with Crippen LogP contribution in [0.15, 0.2) is 36.5 Å². The molecule has 0 aliphatic rings. The standard InChI is InChI=1S/C31H48N2O2/c1-4-6-7-8-9-10-11-12-13-14-20-27-24-25-32-31(33-27)28-21-16-17-22-29(28)35-30(34)23-18-15-19-26(3)5-2/h16-17,21-22,24-26H,4-15,18-20,23H2,1-3H3. The summed E-state index contributed by atoms with van der Waals surface area (Å²) < 4.78 is 5.72. The van der Waals surface area contributed by atoms with Crippen LogP contribution in [0, 0.1) is 5.92 Å². The van der Waals surface area contributed by atoms with E-state index in [0.717, 1.165) is 42.9 Å². The quantitative estimate of drug-likeness (QED) is 0.114. The molecule has 1 unspecified atom stereocenters. The zero-order valence-corrected chi connectivity index (χ0v) is 22.6. The SMILES string of the molecule is CCCCCCCCCCCCc1ccnc(-c2ccccc2OC(=O)CCCCC(C)CC)n1. The summed E-state index contributed by atoms with van der Waals surface area (Å²) in [5.41, 5.74) is 1.84. The average molecular weight is 481 g/mol. The third kappa shape index (κ3) is 12.3. The largest absolute Gasteiger partial charge is 0.426 e. The Morgan fingerprint density at radius 2 is 1.54 bits per heavy atom. The van der Waals surface area contributed by atoms with Crippen molar-refractivity contribution in [2.45, 2.75) is 124 Å². The number of carbonyl (C=O) groups is 1. The number of hydrogen-bond acceptors (Lipinski definition) is 4. The predicted molar refractivity (Wildman–Crippen MR) is 147 cm³/mol. The Labute approximate surface area is 214 Å². The Hall–Kier alpha value is -2.23. The summed E-state index contributed by atoms with van der Waals surface area (Å²) in [6, 6.07) is 9.61. The van der Waals surface area contributed by atoms with Gasteiger partial charge >= 0.3 is 5.97 Å². The van der Waals surface area contributed by atoms with Crippen LogP contribution in [-0.4, -0.2) is 15.9 Å². The first kappa shape index (κ1) is 29.0. The van der Waals surface area contributed by atoms with Crippen LogP contribution >= 0.6 is 0 Å². The summed E-state index contributed by atoms with van der Waals surface area (Å²) >= 11 is 0. The van der Waals surface area contributed by atoms with Gasteiger partial charge in [-0.3, -0.25) is 4.79 Å². The van der Waals surface area contributed by atoms with E-state index < -0.39 is 0 Å². The minimum absolute atomic E-state index is 0.178. The van der Waals surface area contributed by atoms with E-state index in [-0.39, 0.29) is 5.97 Å². The van der Waals surface area contributed by atoms with Crippen LogP contribution in [0.5, 0.6) is 5.75 Å². The van der Waals surface area contributed by atoms with Crippen LogP contribution in [0.4, 0.5) is 0 Å².